The molecule has 4 heteroatoms. The first-order valence-corrected chi connectivity index (χ1v) is 6.53. The van der Waals surface area contributed by atoms with Gasteiger partial charge in [-0.1, -0.05) is 18.2 Å². The van der Waals surface area contributed by atoms with Crippen molar-refractivity contribution < 1.29 is 9.18 Å². The second-order valence-electron chi connectivity index (χ2n) is 4.93. The number of benzene rings is 2. The highest BCUT2D eigenvalue weighted by molar-refractivity contribution is 5.99. The van der Waals surface area contributed by atoms with Crippen LogP contribution in [0, 0.1) is 5.82 Å². The lowest BCUT2D eigenvalue weighted by Gasteiger charge is -2.21. The predicted octanol–water partition coefficient (Wildman–Crippen LogP) is 2.83. The molecule has 3 nitrogen and oxygen atoms in total. The number of halogens is 1. The van der Waals surface area contributed by atoms with Gasteiger partial charge in [0, 0.05) is 24.8 Å². The molecule has 3 rings (SSSR count). The monoisotopic (exact) mass is 270 g/mol. The normalized spacial score (nSPS) is 16.4. The Bertz CT molecular complexity index is 614. The third kappa shape index (κ3) is 2.25. The molecule has 0 saturated heterocycles. The fourth-order valence-electron chi connectivity index (χ4n) is 2.47. The van der Waals surface area contributed by atoms with E-state index < -0.39 is 0 Å². The van der Waals surface area contributed by atoms with Crippen LogP contribution < -0.4 is 10.2 Å². The van der Waals surface area contributed by atoms with Crippen molar-refractivity contribution in [2.45, 2.75) is 12.5 Å². The maximum absolute atomic E-state index is 12.9. The lowest BCUT2D eigenvalue weighted by molar-refractivity contribution is -0.118. The first-order chi connectivity index (χ1) is 9.65. The summed E-state index contributed by atoms with van der Waals surface area (Å²) in [4.78, 5) is 14.0. The van der Waals surface area contributed by atoms with Crippen LogP contribution in [0.1, 0.15) is 5.56 Å². The molecular formula is C16H15FN2O. The summed E-state index contributed by atoms with van der Waals surface area (Å²) in [7, 11) is 1.71. The van der Waals surface area contributed by atoms with E-state index in [1.54, 1.807) is 24.1 Å². The number of carbonyl (C=O) groups excluding carboxylic acids is 1. The molecule has 0 unspecified atom stereocenters. The molecule has 1 atom stereocenters. The van der Waals surface area contributed by atoms with Crippen molar-refractivity contribution in [2.75, 3.05) is 17.3 Å². The number of fused-ring (bicyclic) bond motifs is 1. The van der Waals surface area contributed by atoms with Gasteiger partial charge in [0.2, 0.25) is 5.91 Å². The maximum atomic E-state index is 12.9. The zero-order valence-electron chi connectivity index (χ0n) is 11.1. The Morgan fingerprint density at radius 2 is 1.90 bits per heavy atom. The minimum absolute atomic E-state index is 0.0205. The summed E-state index contributed by atoms with van der Waals surface area (Å²) in [5.41, 5.74) is 2.85. The van der Waals surface area contributed by atoms with Crippen LogP contribution in [0.5, 0.6) is 0 Å². The number of hydrogen-bond acceptors (Lipinski definition) is 2. The van der Waals surface area contributed by atoms with Gasteiger partial charge in [0.05, 0.1) is 0 Å². The van der Waals surface area contributed by atoms with Crippen molar-refractivity contribution in [3.05, 3.63) is 59.9 Å². The molecule has 1 N–H and O–H groups in total. The standard InChI is InChI=1S/C16H15FN2O/c1-19(13-8-6-12(17)7-9-13)16(20)15-10-11-4-2-3-5-14(11)18-15/h2-9,15,18H,10H2,1H3/t15-/m0/s1. The van der Waals surface area contributed by atoms with E-state index in [1.807, 2.05) is 24.3 Å². The Hall–Kier alpha value is -2.36. The highest BCUT2D eigenvalue weighted by Gasteiger charge is 2.29. The minimum atomic E-state index is -0.305. The minimum Gasteiger partial charge on any atom is -0.373 e. The summed E-state index contributed by atoms with van der Waals surface area (Å²) in [6.07, 6.45) is 0.681. The molecule has 0 saturated carbocycles. The van der Waals surface area contributed by atoms with Crippen molar-refractivity contribution in [3.8, 4) is 0 Å². The van der Waals surface area contributed by atoms with Crippen LogP contribution in [0.4, 0.5) is 15.8 Å². The smallest absolute Gasteiger partial charge is 0.249 e. The molecule has 0 aromatic heterocycles. The van der Waals surface area contributed by atoms with Crippen LogP contribution in [0.15, 0.2) is 48.5 Å². The third-order valence-corrected chi connectivity index (χ3v) is 3.61. The lowest BCUT2D eigenvalue weighted by Crippen LogP contribution is -2.39. The van der Waals surface area contributed by atoms with E-state index in [0.29, 0.717) is 12.1 Å². The summed E-state index contributed by atoms with van der Waals surface area (Å²) in [6, 6.07) is 13.6. The van der Waals surface area contributed by atoms with Gasteiger partial charge in [-0.3, -0.25) is 4.79 Å². The molecule has 1 heterocycles. The lowest BCUT2D eigenvalue weighted by atomic mass is 10.1. The Kier molecular flexibility index (Phi) is 3.14. The van der Waals surface area contributed by atoms with Crippen molar-refractivity contribution in [1.29, 1.82) is 0 Å². The third-order valence-electron chi connectivity index (χ3n) is 3.61. The van der Waals surface area contributed by atoms with Crippen molar-refractivity contribution in [1.82, 2.24) is 0 Å². The average molecular weight is 270 g/mol. The SMILES string of the molecule is CN(C(=O)[C@@H]1Cc2ccccc2N1)c1ccc(F)cc1. The summed E-state index contributed by atoms with van der Waals surface area (Å²) in [5, 5.41) is 3.23. The quantitative estimate of drug-likeness (QED) is 0.910. The van der Waals surface area contributed by atoms with Crippen LogP contribution in [0.2, 0.25) is 0 Å². The van der Waals surface area contributed by atoms with E-state index in [4.69, 9.17) is 0 Å². The van der Waals surface area contributed by atoms with Crippen molar-refractivity contribution in [3.63, 3.8) is 0 Å². The number of nitrogens with one attached hydrogen (secondary N) is 1. The number of para-hydroxylation sites is 1. The summed E-state index contributed by atoms with van der Waals surface area (Å²) in [5.74, 6) is -0.325. The van der Waals surface area contributed by atoms with Crippen LogP contribution in [-0.4, -0.2) is 19.0 Å². The van der Waals surface area contributed by atoms with Gasteiger partial charge in [-0.05, 0) is 35.9 Å². The first-order valence-electron chi connectivity index (χ1n) is 6.53. The summed E-state index contributed by atoms with van der Waals surface area (Å²) < 4.78 is 12.9. The van der Waals surface area contributed by atoms with Gasteiger partial charge in [-0.2, -0.15) is 0 Å². The van der Waals surface area contributed by atoms with Gasteiger partial charge < -0.3 is 10.2 Å². The molecule has 2 aromatic carbocycles. The molecule has 0 bridgehead atoms. The van der Waals surface area contributed by atoms with Crippen LogP contribution in [0.25, 0.3) is 0 Å². The van der Waals surface area contributed by atoms with Crippen LogP contribution >= 0.6 is 0 Å². The van der Waals surface area contributed by atoms with Crippen molar-refractivity contribution in [2.24, 2.45) is 0 Å². The topological polar surface area (TPSA) is 32.3 Å². The number of likely N-dealkylation sites (N-methyl/N-ethyl adjacent to an activating group) is 1. The number of amides is 1. The highest BCUT2D eigenvalue weighted by atomic mass is 19.1. The van der Waals surface area contributed by atoms with Crippen LogP contribution in [0.3, 0.4) is 0 Å². The molecule has 0 spiro atoms. The Balaban J connectivity index is 1.76. The molecule has 20 heavy (non-hydrogen) atoms. The summed E-state index contributed by atoms with van der Waals surface area (Å²) in [6.45, 7) is 0. The molecule has 1 aliphatic heterocycles. The molecule has 0 radical (unpaired) electrons. The van der Waals surface area contributed by atoms with Gasteiger partial charge >= 0.3 is 0 Å². The van der Waals surface area contributed by atoms with E-state index in [2.05, 4.69) is 5.32 Å². The van der Waals surface area contributed by atoms with Gasteiger partial charge in [0.25, 0.3) is 0 Å². The van der Waals surface area contributed by atoms with E-state index in [-0.39, 0.29) is 17.8 Å². The average Bonchev–Trinajstić information content (AvgIpc) is 2.90. The number of hydrogen-bond donors (Lipinski definition) is 1. The Morgan fingerprint density at radius 3 is 2.60 bits per heavy atom. The number of carbonyl (C=O) groups is 1. The first kappa shape index (κ1) is 12.7. The molecule has 1 amide bonds. The second kappa shape index (κ2) is 4.96. The molecular weight excluding hydrogens is 255 g/mol. The molecule has 1 aliphatic rings. The fourth-order valence-corrected chi connectivity index (χ4v) is 2.47. The zero-order valence-corrected chi connectivity index (χ0v) is 11.1. The number of nitrogens with zero attached hydrogens (tertiary/aromatic N) is 1. The summed E-state index contributed by atoms with van der Waals surface area (Å²) >= 11 is 0. The molecule has 0 aliphatic carbocycles. The Labute approximate surface area is 117 Å². The molecule has 0 fully saturated rings. The zero-order chi connectivity index (χ0) is 14.1. The van der Waals surface area contributed by atoms with E-state index in [1.165, 1.54) is 12.1 Å². The number of rotatable bonds is 2. The van der Waals surface area contributed by atoms with E-state index in [9.17, 15) is 9.18 Å². The Morgan fingerprint density at radius 1 is 1.20 bits per heavy atom. The van der Waals surface area contributed by atoms with E-state index >= 15 is 0 Å². The highest BCUT2D eigenvalue weighted by Crippen LogP contribution is 2.26. The second-order valence-corrected chi connectivity index (χ2v) is 4.93. The molecule has 2 aromatic rings. The van der Waals surface area contributed by atoms with Crippen LogP contribution in [-0.2, 0) is 11.2 Å². The van der Waals surface area contributed by atoms with Gasteiger partial charge in [0.1, 0.15) is 11.9 Å². The fraction of sp³-hybridized carbons (Fsp3) is 0.188. The predicted molar refractivity (Wildman–Crippen MR) is 77.4 cm³/mol. The van der Waals surface area contributed by atoms with Gasteiger partial charge in [-0.25, -0.2) is 4.39 Å². The number of anilines is 2. The van der Waals surface area contributed by atoms with E-state index in [0.717, 1.165) is 11.3 Å². The van der Waals surface area contributed by atoms with Gasteiger partial charge in [-0.15, -0.1) is 0 Å². The molecule has 102 valence electrons. The maximum Gasteiger partial charge on any atom is 0.249 e. The van der Waals surface area contributed by atoms with Crippen molar-refractivity contribution >= 4 is 17.3 Å². The van der Waals surface area contributed by atoms with Gasteiger partial charge in [0.15, 0.2) is 0 Å². The largest absolute Gasteiger partial charge is 0.373 e.